The maximum atomic E-state index is 12.7. The van der Waals surface area contributed by atoms with Crippen molar-refractivity contribution in [2.45, 2.75) is 33.7 Å². The van der Waals surface area contributed by atoms with Gasteiger partial charge in [0.05, 0.1) is 18.7 Å². The summed E-state index contributed by atoms with van der Waals surface area (Å²) in [5, 5.41) is 12.4. The Morgan fingerprint density at radius 2 is 1.73 bits per heavy atom. The SMILES string of the molecule is CCc1ccc(C=C2Oc3c(ccc([O-])c3C[NH+](CC)CC)C2=O)cc1. The molecule has 0 amide bonds. The Hall–Kier alpha value is -2.59. The summed E-state index contributed by atoms with van der Waals surface area (Å²) in [6.45, 7) is 8.68. The van der Waals surface area contributed by atoms with Crippen molar-refractivity contribution in [3.05, 3.63) is 64.4 Å². The van der Waals surface area contributed by atoms with Crippen molar-refractivity contribution in [3.8, 4) is 11.5 Å². The highest BCUT2D eigenvalue weighted by molar-refractivity contribution is 6.14. The molecule has 0 aromatic heterocycles. The first-order valence-electron chi connectivity index (χ1n) is 9.26. The maximum absolute atomic E-state index is 12.7. The second-order valence-corrected chi connectivity index (χ2v) is 6.59. The van der Waals surface area contributed by atoms with Gasteiger partial charge in [-0.05, 0) is 43.5 Å². The molecule has 2 aromatic carbocycles. The van der Waals surface area contributed by atoms with Crippen LogP contribution in [0.15, 0.2) is 42.2 Å². The smallest absolute Gasteiger partial charge is 0.231 e. The molecule has 0 atom stereocenters. The number of benzene rings is 2. The first-order valence-corrected chi connectivity index (χ1v) is 9.26. The Balaban J connectivity index is 1.93. The minimum atomic E-state index is -0.157. The van der Waals surface area contributed by atoms with E-state index in [0.717, 1.165) is 25.1 Å². The molecule has 136 valence electrons. The molecule has 0 unspecified atom stereocenters. The standard InChI is InChI=1S/C22H25NO3/c1-4-15-7-9-16(10-8-15)13-20-21(25)17-11-12-19(24)18(22(17)26-20)14-23(5-2)6-3/h7-13,24H,4-6,14H2,1-3H3. The molecule has 0 aliphatic carbocycles. The molecule has 4 heteroatoms. The number of allylic oxidation sites excluding steroid dienone is 1. The number of quaternary nitrogens is 1. The average Bonchev–Trinajstić information content (AvgIpc) is 2.97. The molecule has 0 bridgehead atoms. The van der Waals surface area contributed by atoms with Gasteiger partial charge in [-0.3, -0.25) is 4.79 Å². The van der Waals surface area contributed by atoms with Crippen molar-refractivity contribution in [2.75, 3.05) is 13.1 Å². The Morgan fingerprint density at radius 3 is 2.35 bits per heavy atom. The number of nitrogens with one attached hydrogen (secondary N) is 1. The molecule has 0 spiro atoms. The minimum Gasteiger partial charge on any atom is -0.872 e. The van der Waals surface area contributed by atoms with Gasteiger partial charge in [-0.2, -0.15) is 0 Å². The van der Waals surface area contributed by atoms with Crippen molar-refractivity contribution in [3.63, 3.8) is 0 Å². The summed E-state index contributed by atoms with van der Waals surface area (Å²) >= 11 is 0. The highest BCUT2D eigenvalue weighted by Gasteiger charge is 2.30. The molecular weight excluding hydrogens is 326 g/mol. The Morgan fingerprint density at radius 1 is 1.04 bits per heavy atom. The molecule has 1 aliphatic heterocycles. The summed E-state index contributed by atoms with van der Waals surface area (Å²) in [4.78, 5) is 14.0. The van der Waals surface area contributed by atoms with Crippen LogP contribution in [0.1, 0.15) is 47.8 Å². The number of carbonyl (C=O) groups excluding carboxylic acids is 1. The van der Waals surface area contributed by atoms with Gasteiger partial charge in [0.2, 0.25) is 5.78 Å². The fourth-order valence-corrected chi connectivity index (χ4v) is 3.21. The van der Waals surface area contributed by atoms with Gasteiger partial charge in [-0.1, -0.05) is 43.0 Å². The third-order valence-electron chi connectivity index (χ3n) is 5.01. The number of ketones is 1. The third-order valence-corrected chi connectivity index (χ3v) is 5.01. The van der Waals surface area contributed by atoms with Crippen LogP contribution in [0.3, 0.4) is 0 Å². The lowest BCUT2D eigenvalue weighted by Gasteiger charge is -2.21. The average molecular weight is 351 g/mol. The number of hydrogen-bond acceptors (Lipinski definition) is 3. The second-order valence-electron chi connectivity index (χ2n) is 6.59. The lowest BCUT2D eigenvalue weighted by atomic mass is 10.0. The summed E-state index contributed by atoms with van der Waals surface area (Å²) in [5.74, 6) is 0.504. The highest BCUT2D eigenvalue weighted by atomic mass is 16.5. The lowest BCUT2D eigenvalue weighted by molar-refractivity contribution is -0.910. The van der Waals surface area contributed by atoms with E-state index < -0.39 is 0 Å². The van der Waals surface area contributed by atoms with Crippen molar-refractivity contribution >= 4 is 11.9 Å². The molecule has 1 N–H and O–H groups in total. The van der Waals surface area contributed by atoms with E-state index in [0.29, 0.717) is 23.4 Å². The summed E-state index contributed by atoms with van der Waals surface area (Å²) in [5.41, 5.74) is 3.24. The number of fused-ring (bicyclic) bond motifs is 1. The van der Waals surface area contributed by atoms with Crippen LogP contribution in [0.25, 0.3) is 6.08 Å². The minimum absolute atomic E-state index is 0.0653. The van der Waals surface area contributed by atoms with Crippen LogP contribution in [0.5, 0.6) is 11.5 Å². The molecule has 1 aliphatic rings. The van der Waals surface area contributed by atoms with E-state index in [9.17, 15) is 9.90 Å². The fourth-order valence-electron chi connectivity index (χ4n) is 3.21. The predicted octanol–water partition coefficient (Wildman–Crippen LogP) is 2.36. The highest BCUT2D eigenvalue weighted by Crippen LogP contribution is 2.38. The Bertz CT molecular complexity index is 833. The topological polar surface area (TPSA) is 53.8 Å². The Kier molecular flexibility index (Phi) is 5.43. The van der Waals surface area contributed by atoms with Gasteiger partial charge in [-0.15, -0.1) is 0 Å². The molecule has 0 fully saturated rings. The normalized spacial score (nSPS) is 14.8. The number of ether oxygens (including phenoxy) is 1. The summed E-state index contributed by atoms with van der Waals surface area (Å²) in [6, 6.07) is 11.1. The number of Topliss-reactive ketones (excluding diaryl/α,β-unsaturated/α-hetero) is 1. The summed E-state index contributed by atoms with van der Waals surface area (Å²) in [7, 11) is 0. The quantitative estimate of drug-likeness (QED) is 0.813. The Labute approximate surface area is 154 Å². The summed E-state index contributed by atoms with van der Waals surface area (Å²) in [6.07, 6.45) is 2.72. The van der Waals surface area contributed by atoms with Crippen LogP contribution < -0.4 is 14.7 Å². The first kappa shape index (κ1) is 18.2. The van der Waals surface area contributed by atoms with Crippen LogP contribution in [0.2, 0.25) is 0 Å². The van der Waals surface area contributed by atoms with Crippen LogP contribution in [-0.4, -0.2) is 18.9 Å². The number of carbonyl (C=O) groups is 1. The van der Waals surface area contributed by atoms with E-state index in [2.05, 4.69) is 20.8 Å². The van der Waals surface area contributed by atoms with Crippen molar-refractivity contribution in [1.29, 1.82) is 0 Å². The van der Waals surface area contributed by atoms with Crippen LogP contribution in [0, 0.1) is 0 Å². The molecule has 2 aromatic rings. The predicted molar refractivity (Wildman–Crippen MR) is 100 cm³/mol. The lowest BCUT2D eigenvalue weighted by Crippen LogP contribution is -3.10. The van der Waals surface area contributed by atoms with Crippen LogP contribution >= 0.6 is 0 Å². The van der Waals surface area contributed by atoms with E-state index in [1.165, 1.54) is 16.5 Å². The van der Waals surface area contributed by atoms with E-state index >= 15 is 0 Å². The molecule has 0 saturated carbocycles. The van der Waals surface area contributed by atoms with Gasteiger partial charge in [0.15, 0.2) is 5.76 Å². The van der Waals surface area contributed by atoms with E-state index in [1.54, 1.807) is 12.1 Å². The van der Waals surface area contributed by atoms with E-state index in [4.69, 9.17) is 4.74 Å². The third kappa shape index (κ3) is 3.51. The monoisotopic (exact) mass is 351 g/mol. The summed E-state index contributed by atoms with van der Waals surface area (Å²) < 4.78 is 5.88. The van der Waals surface area contributed by atoms with Crippen molar-refractivity contribution in [2.24, 2.45) is 0 Å². The van der Waals surface area contributed by atoms with E-state index in [-0.39, 0.29) is 17.3 Å². The van der Waals surface area contributed by atoms with Gasteiger partial charge in [0, 0.05) is 5.56 Å². The molecule has 0 radical (unpaired) electrons. The number of hydrogen-bond donors (Lipinski definition) is 1. The van der Waals surface area contributed by atoms with Crippen molar-refractivity contribution < 1.29 is 19.5 Å². The van der Waals surface area contributed by atoms with Gasteiger partial charge in [-0.25, -0.2) is 0 Å². The molecular formula is C22H25NO3. The zero-order valence-corrected chi connectivity index (χ0v) is 15.6. The molecule has 0 saturated heterocycles. The molecule has 3 rings (SSSR count). The van der Waals surface area contributed by atoms with Gasteiger partial charge in [0.1, 0.15) is 12.3 Å². The maximum Gasteiger partial charge on any atom is 0.231 e. The van der Waals surface area contributed by atoms with Crippen LogP contribution in [0.4, 0.5) is 0 Å². The van der Waals surface area contributed by atoms with E-state index in [1.807, 2.05) is 24.3 Å². The first-order chi connectivity index (χ1) is 12.6. The number of rotatable bonds is 6. The zero-order chi connectivity index (χ0) is 18.7. The fraction of sp³-hybridized carbons (Fsp3) is 0.318. The largest absolute Gasteiger partial charge is 0.872 e. The van der Waals surface area contributed by atoms with Gasteiger partial charge < -0.3 is 14.7 Å². The van der Waals surface area contributed by atoms with Crippen LogP contribution in [-0.2, 0) is 13.0 Å². The van der Waals surface area contributed by atoms with Gasteiger partial charge >= 0.3 is 0 Å². The number of aryl methyl sites for hydroxylation is 1. The van der Waals surface area contributed by atoms with Gasteiger partial charge in [0.25, 0.3) is 0 Å². The molecule has 26 heavy (non-hydrogen) atoms. The second kappa shape index (κ2) is 7.75. The molecule has 4 nitrogen and oxygen atoms in total. The molecule has 1 heterocycles. The zero-order valence-electron chi connectivity index (χ0n) is 15.6. The van der Waals surface area contributed by atoms with Crippen molar-refractivity contribution in [1.82, 2.24) is 0 Å².